The molecule has 0 aliphatic heterocycles. The van der Waals surface area contributed by atoms with Gasteiger partial charge in [0.25, 0.3) is 5.91 Å². The number of carbonyl (C=O) groups excluding carboxylic acids is 1. The number of hydrogen-bond donors (Lipinski definition) is 2. The second kappa shape index (κ2) is 5.31. The van der Waals surface area contributed by atoms with Crippen LogP contribution in [0.25, 0.3) is 0 Å². The Kier molecular flexibility index (Phi) is 3.75. The molecule has 0 saturated carbocycles. The van der Waals surface area contributed by atoms with E-state index in [4.69, 9.17) is 5.73 Å². The van der Waals surface area contributed by atoms with Gasteiger partial charge in [-0.2, -0.15) is 0 Å². The average molecular weight is 328 g/mol. The molecule has 3 N–H and O–H groups in total. The van der Waals surface area contributed by atoms with Crippen LogP contribution < -0.4 is 11.1 Å². The molecule has 0 saturated heterocycles. The molecule has 0 aliphatic rings. The lowest BCUT2D eigenvalue weighted by atomic mass is 10.2. The molecule has 0 spiro atoms. The van der Waals surface area contributed by atoms with Crippen molar-refractivity contribution < 1.29 is 13.6 Å². The van der Waals surface area contributed by atoms with E-state index < -0.39 is 17.5 Å². The zero-order chi connectivity index (χ0) is 14.0. The van der Waals surface area contributed by atoms with Crippen LogP contribution in [0.1, 0.15) is 10.4 Å². The highest BCUT2D eigenvalue weighted by molar-refractivity contribution is 9.10. The van der Waals surface area contributed by atoms with Gasteiger partial charge in [0.05, 0.1) is 5.56 Å². The Labute approximate surface area is 115 Å². The molecule has 0 atom stereocenters. The first kappa shape index (κ1) is 13.4. The Bertz CT molecular complexity index is 629. The van der Waals surface area contributed by atoms with E-state index in [0.717, 1.165) is 12.1 Å². The van der Waals surface area contributed by atoms with E-state index in [1.165, 1.54) is 12.3 Å². The van der Waals surface area contributed by atoms with E-state index >= 15 is 0 Å². The zero-order valence-electron chi connectivity index (χ0n) is 9.45. The summed E-state index contributed by atoms with van der Waals surface area (Å²) < 4.78 is 26.5. The number of nitrogens with one attached hydrogen (secondary N) is 1. The summed E-state index contributed by atoms with van der Waals surface area (Å²) >= 11 is 3.16. The number of pyridine rings is 1. The first-order valence-electron chi connectivity index (χ1n) is 5.14. The van der Waals surface area contributed by atoms with Crippen molar-refractivity contribution in [3.8, 4) is 0 Å². The second-order valence-electron chi connectivity index (χ2n) is 3.70. The summed E-state index contributed by atoms with van der Waals surface area (Å²) in [5, 5.41) is 2.35. The molecule has 0 fully saturated rings. The van der Waals surface area contributed by atoms with E-state index in [0.29, 0.717) is 10.5 Å². The predicted octanol–water partition coefficient (Wildman–Crippen LogP) is 2.96. The van der Waals surface area contributed by atoms with Crippen LogP contribution in [0.3, 0.4) is 0 Å². The fourth-order valence-electron chi connectivity index (χ4n) is 1.46. The molecular weight excluding hydrogens is 320 g/mol. The average Bonchev–Trinajstić information content (AvgIpc) is 2.30. The summed E-state index contributed by atoms with van der Waals surface area (Å²) in [6.45, 7) is 0. The first-order valence-corrected chi connectivity index (χ1v) is 5.93. The number of nitrogens with two attached hydrogens (primary N) is 1. The molecule has 0 unspecified atom stereocenters. The molecule has 4 nitrogen and oxygen atoms in total. The van der Waals surface area contributed by atoms with Gasteiger partial charge >= 0.3 is 0 Å². The third-order valence-corrected chi connectivity index (χ3v) is 2.68. The molecule has 1 aromatic heterocycles. The van der Waals surface area contributed by atoms with Crippen LogP contribution >= 0.6 is 15.9 Å². The minimum atomic E-state index is -0.782. The second-order valence-corrected chi connectivity index (χ2v) is 4.61. The largest absolute Gasteiger partial charge is 0.383 e. The Morgan fingerprint density at radius 2 is 1.84 bits per heavy atom. The lowest BCUT2D eigenvalue weighted by Gasteiger charge is -2.07. The molecule has 1 amide bonds. The Hall–Kier alpha value is -2.02. The lowest BCUT2D eigenvalue weighted by molar-refractivity contribution is 0.102. The first-order chi connectivity index (χ1) is 8.95. The van der Waals surface area contributed by atoms with Gasteiger partial charge in [0, 0.05) is 22.4 Å². The fraction of sp³-hybridized carbons (Fsp3) is 0. The highest BCUT2D eigenvalue weighted by Gasteiger charge is 2.12. The quantitative estimate of drug-likeness (QED) is 0.891. The zero-order valence-corrected chi connectivity index (χ0v) is 11.0. The van der Waals surface area contributed by atoms with Crippen LogP contribution in [-0.4, -0.2) is 10.9 Å². The predicted molar refractivity (Wildman–Crippen MR) is 70.7 cm³/mol. The molecule has 0 bridgehead atoms. The fourth-order valence-corrected chi connectivity index (χ4v) is 1.79. The van der Waals surface area contributed by atoms with Gasteiger partial charge in [0.2, 0.25) is 0 Å². The minimum Gasteiger partial charge on any atom is -0.383 e. The monoisotopic (exact) mass is 327 g/mol. The van der Waals surface area contributed by atoms with Crippen molar-refractivity contribution in [3.05, 3.63) is 52.1 Å². The van der Waals surface area contributed by atoms with Gasteiger partial charge in [-0.3, -0.25) is 4.79 Å². The molecule has 19 heavy (non-hydrogen) atoms. The topological polar surface area (TPSA) is 68.0 Å². The number of anilines is 2. The van der Waals surface area contributed by atoms with E-state index in [9.17, 15) is 13.6 Å². The number of rotatable bonds is 2. The molecule has 1 aromatic carbocycles. The molecule has 0 aliphatic carbocycles. The summed E-state index contributed by atoms with van der Waals surface area (Å²) in [5.41, 5.74) is 5.67. The van der Waals surface area contributed by atoms with Gasteiger partial charge < -0.3 is 11.1 Å². The molecule has 2 aromatic rings. The lowest BCUT2D eigenvalue weighted by Crippen LogP contribution is -2.15. The number of aromatic nitrogens is 1. The van der Waals surface area contributed by atoms with Crippen LogP contribution in [0.15, 0.2) is 34.9 Å². The summed E-state index contributed by atoms with van der Waals surface area (Å²) in [7, 11) is 0. The van der Waals surface area contributed by atoms with E-state index in [-0.39, 0.29) is 17.1 Å². The van der Waals surface area contributed by atoms with Crippen LogP contribution in [0.4, 0.5) is 20.3 Å². The highest BCUT2D eigenvalue weighted by Crippen LogP contribution is 2.18. The third-order valence-electron chi connectivity index (χ3n) is 2.25. The number of amides is 1. The Morgan fingerprint density at radius 1 is 1.21 bits per heavy atom. The van der Waals surface area contributed by atoms with Gasteiger partial charge in [-0.1, -0.05) is 0 Å². The van der Waals surface area contributed by atoms with Gasteiger partial charge in [-0.05, 0) is 34.1 Å². The van der Waals surface area contributed by atoms with E-state index in [1.807, 2.05) is 0 Å². The van der Waals surface area contributed by atoms with Crippen molar-refractivity contribution in [2.45, 2.75) is 0 Å². The number of halogens is 3. The van der Waals surface area contributed by atoms with Crippen molar-refractivity contribution in [1.82, 2.24) is 4.98 Å². The summed E-state index contributed by atoms with van der Waals surface area (Å²) in [4.78, 5) is 15.7. The van der Waals surface area contributed by atoms with Crippen molar-refractivity contribution in [2.24, 2.45) is 0 Å². The van der Waals surface area contributed by atoms with Gasteiger partial charge in [0.15, 0.2) is 0 Å². The van der Waals surface area contributed by atoms with Gasteiger partial charge in [0.1, 0.15) is 17.5 Å². The maximum Gasteiger partial charge on any atom is 0.259 e. The van der Waals surface area contributed by atoms with Crippen molar-refractivity contribution in [2.75, 3.05) is 11.1 Å². The molecule has 98 valence electrons. The van der Waals surface area contributed by atoms with E-state index in [1.54, 1.807) is 0 Å². The highest BCUT2D eigenvalue weighted by atomic mass is 79.9. The summed E-state index contributed by atoms with van der Waals surface area (Å²) in [6, 6.07) is 4.18. The third kappa shape index (κ3) is 3.25. The van der Waals surface area contributed by atoms with Crippen LogP contribution in [-0.2, 0) is 0 Å². The SMILES string of the molecule is Nc1ncc(Br)cc1C(=O)Nc1cc(F)cc(F)c1. The summed E-state index contributed by atoms with van der Waals surface area (Å²) in [5.74, 6) is -2.14. The van der Waals surface area contributed by atoms with Crippen molar-refractivity contribution in [1.29, 1.82) is 0 Å². The maximum atomic E-state index is 13.0. The summed E-state index contributed by atoms with van der Waals surface area (Å²) in [6.07, 6.45) is 1.44. The number of nitrogen functional groups attached to an aromatic ring is 1. The molecule has 7 heteroatoms. The van der Waals surface area contributed by atoms with Crippen LogP contribution in [0.5, 0.6) is 0 Å². The van der Waals surface area contributed by atoms with Crippen LogP contribution in [0.2, 0.25) is 0 Å². The number of hydrogen-bond acceptors (Lipinski definition) is 3. The van der Waals surface area contributed by atoms with Crippen molar-refractivity contribution >= 4 is 33.3 Å². The van der Waals surface area contributed by atoms with E-state index in [2.05, 4.69) is 26.2 Å². The number of carbonyl (C=O) groups is 1. The maximum absolute atomic E-state index is 13.0. The number of nitrogens with zero attached hydrogens (tertiary/aromatic N) is 1. The van der Waals surface area contributed by atoms with Gasteiger partial charge in [-0.25, -0.2) is 13.8 Å². The molecule has 0 radical (unpaired) electrons. The van der Waals surface area contributed by atoms with Gasteiger partial charge in [-0.15, -0.1) is 0 Å². The van der Waals surface area contributed by atoms with Crippen LogP contribution in [0, 0.1) is 11.6 Å². The smallest absolute Gasteiger partial charge is 0.259 e. The Morgan fingerprint density at radius 3 is 2.47 bits per heavy atom. The standard InChI is InChI=1S/C12H8BrF2N3O/c13-6-1-10(11(16)17-5-6)12(19)18-9-3-7(14)2-8(15)4-9/h1-5H,(H2,16,17)(H,18,19). The minimum absolute atomic E-state index is 0.00174. The van der Waals surface area contributed by atoms with Crippen molar-refractivity contribution in [3.63, 3.8) is 0 Å². The molecular formula is C12H8BrF2N3O. The molecule has 1 heterocycles. The normalized spacial score (nSPS) is 10.3. The molecule has 2 rings (SSSR count). The number of benzene rings is 1. The Balaban J connectivity index is 2.28.